The number of carbonyl (C=O) groups is 1. The van der Waals surface area contributed by atoms with Gasteiger partial charge in [0.2, 0.25) is 0 Å². The Bertz CT molecular complexity index is 731. The Morgan fingerprint density at radius 1 is 1.00 bits per heavy atom. The third-order valence-electron chi connectivity index (χ3n) is 3.07. The number of aromatic nitrogens is 1. The van der Waals surface area contributed by atoms with Gasteiger partial charge in [0.15, 0.2) is 6.29 Å². The molecule has 0 aliphatic carbocycles. The minimum Gasteiger partial charge on any atom is -0.298 e. The maximum absolute atomic E-state index is 11.3. The Balaban J connectivity index is 2.63. The maximum atomic E-state index is 11.3. The molecule has 17 heavy (non-hydrogen) atoms. The number of benzene rings is 2. The number of hydrogen-bond donors (Lipinski definition) is 0. The highest BCUT2D eigenvalue weighted by Gasteiger charge is 2.08. The molecule has 1 heterocycles. The first-order chi connectivity index (χ1) is 8.31. The summed E-state index contributed by atoms with van der Waals surface area (Å²) in [6.45, 7) is 2.01. The van der Waals surface area contributed by atoms with Crippen LogP contribution >= 0.6 is 0 Å². The average molecular weight is 221 g/mol. The zero-order chi connectivity index (χ0) is 11.8. The van der Waals surface area contributed by atoms with Crippen molar-refractivity contribution in [1.82, 2.24) is 4.98 Å². The number of aryl methyl sites for hydroxylation is 1. The number of hydrogen-bond acceptors (Lipinski definition) is 2. The zero-order valence-electron chi connectivity index (χ0n) is 9.47. The van der Waals surface area contributed by atoms with Gasteiger partial charge in [-0.05, 0) is 18.6 Å². The number of rotatable bonds is 1. The molecule has 0 spiro atoms. The summed E-state index contributed by atoms with van der Waals surface area (Å²) in [5.41, 5.74) is 3.61. The molecule has 0 unspecified atom stereocenters. The van der Waals surface area contributed by atoms with Gasteiger partial charge in [0.1, 0.15) is 0 Å². The van der Waals surface area contributed by atoms with Crippen molar-refractivity contribution in [3.63, 3.8) is 0 Å². The highest BCUT2D eigenvalue weighted by Crippen LogP contribution is 2.26. The van der Waals surface area contributed by atoms with Crippen molar-refractivity contribution in [2.45, 2.75) is 6.92 Å². The molecule has 2 nitrogen and oxygen atoms in total. The van der Waals surface area contributed by atoms with Gasteiger partial charge in [0, 0.05) is 16.3 Å². The van der Waals surface area contributed by atoms with E-state index in [1.54, 1.807) is 0 Å². The lowest BCUT2D eigenvalue weighted by molar-refractivity contribution is 0.112. The number of carbonyl (C=O) groups excluding carboxylic acids is 1. The molecule has 3 aromatic rings. The third-order valence-corrected chi connectivity index (χ3v) is 3.07. The Kier molecular flexibility index (Phi) is 2.15. The van der Waals surface area contributed by atoms with Crippen LogP contribution in [-0.2, 0) is 0 Å². The quantitative estimate of drug-likeness (QED) is 0.465. The van der Waals surface area contributed by atoms with Crippen LogP contribution in [0.15, 0.2) is 42.5 Å². The van der Waals surface area contributed by atoms with Crippen molar-refractivity contribution in [3.8, 4) is 0 Å². The minimum atomic E-state index is 0.731. The van der Waals surface area contributed by atoms with E-state index in [1.807, 2.05) is 49.4 Å². The largest absolute Gasteiger partial charge is 0.298 e. The molecular weight excluding hydrogens is 210 g/mol. The van der Waals surface area contributed by atoms with Gasteiger partial charge in [-0.25, -0.2) is 4.98 Å². The molecule has 2 heteroatoms. The van der Waals surface area contributed by atoms with Gasteiger partial charge >= 0.3 is 0 Å². The lowest BCUT2D eigenvalue weighted by Gasteiger charge is -2.07. The van der Waals surface area contributed by atoms with Crippen LogP contribution < -0.4 is 0 Å². The first kappa shape index (κ1) is 9.97. The first-order valence-electron chi connectivity index (χ1n) is 5.54. The van der Waals surface area contributed by atoms with Gasteiger partial charge in [-0.3, -0.25) is 4.79 Å². The Labute approximate surface area is 98.9 Å². The maximum Gasteiger partial charge on any atom is 0.151 e. The van der Waals surface area contributed by atoms with Gasteiger partial charge in [0.25, 0.3) is 0 Å². The van der Waals surface area contributed by atoms with E-state index in [0.29, 0.717) is 0 Å². The van der Waals surface area contributed by atoms with Crippen LogP contribution in [0.3, 0.4) is 0 Å². The fourth-order valence-electron chi connectivity index (χ4n) is 2.22. The molecule has 0 atom stereocenters. The lowest BCUT2D eigenvalue weighted by atomic mass is 10.0. The van der Waals surface area contributed by atoms with Gasteiger partial charge in [-0.1, -0.05) is 36.4 Å². The van der Waals surface area contributed by atoms with E-state index in [0.717, 1.165) is 39.2 Å². The van der Waals surface area contributed by atoms with Crippen molar-refractivity contribution in [1.29, 1.82) is 0 Å². The number of nitrogens with zero attached hydrogens (tertiary/aromatic N) is 1. The van der Waals surface area contributed by atoms with Gasteiger partial charge in [-0.2, -0.15) is 0 Å². The summed E-state index contributed by atoms with van der Waals surface area (Å²) in [7, 11) is 0. The highest BCUT2D eigenvalue weighted by atomic mass is 16.1. The van der Waals surface area contributed by atoms with E-state index in [4.69, 9.17) is 0 Å². The Morgan fingerprint density at radius 2 is 1.76 bits per heavy atom. The molecule has 0 aliphatic heterocycles. The molecule has 1 aromatic heterocycles. The van der Waals surface area contributed by atoms with Crippen molar-refractivity contribution in [2.75, 3.05) is 0 Å². The van der Waals surface area contributed by atoms with Crippen LogP contribution in [-0.4, -0.2) is 11.3 Å². The number of aldehydes is 1. The second kappa shape index (κ2) is 3.67. The first-order valence-corrected chi connectivity index (χ1v) is 5.54. The molecule has 3 rings (SSSR count). The summed E-state index contributed by atoms with van der Waals surface area (Å²) in [4.78, 5) is 15.9. The van der Waals surface area contributed by atoms with E-state index in [2.05, 4.69) is 4.98 Å². The van der Waals surface area contributed by atoms with Crippen molar-refractivity contribution in [3.05, 3.63) is 53.6 Å². The molecule has 0 amide bonds. The smallest absolute Gasteiger partial charge is 0.151 e. The monoisotopic (exact) mass is 221 g/mol. The molecule has 0 saturated carbocycles. The fourth-order valence-corrected chi connectivity index (χ4v) is 2.22. The third kappa shape index (κ3) is 1.41. The van der Waals surface area contributed by atoms with E-state index in [9.17, 15) is 4.79 Å². The molecule has 2 aromatic carbocycles. The van der Waals surface area contributed by atoms with E-state index in [-0.39, 0.29) is 0 Å². The van der Waals surface area contributed by atoms with Crippen LogP contribution in [0.2, 0.25) is 0 Å². The van der Waals surface area contributed by atoms with Crippen LogP contribution in [0.25, 0.3) is 21.8 Å². The fraction of sp³-hybridized carbons (Fsp3) is 0.0667. The summed E-state index contributed by atoms with van der Waals surface area (Å²) >= 11 is 0. The van der Waals surface area contributed by atoms with Crippen LogP contribution in [0.5, 0.6) is 0 Å². The molecule has 0 radical (unpaired) electrons. The predicted octanol–water partition coefficient (Wildman–Crippen LogP) is 3.51. The summed E-state index contributed by atoms with van der Waals surface area (Å²) in [6, 6.07) is 13.7. The van der Waals surface area contributed by atoms with Crippen molar-refractivity contribution >= 4 is 28.1 Å². The molecule has 0 N–H and O–H groups in total. The minimum absolute atomic E-state index is 0.731. The van der Waals surface area contributed by atoms with Crippen LogP contribution in [0, 0.1) is 6.92 Å². The highest BCUT2D eigenvalue weighted by molar-refractivity contribution is 6.09. The second-order valence-corrected chi connectivity index (χ2v) is 4.13. The summed E-state index contributed by atoms with van der Waals surface area (Å²) in [6.07, 6.45) is 0.922. The van der Waals surface area contributed by atoms with Crippen LogP contribution in [0.1, 0.15) is 15.9 Å². The molecule has 0 saturated heterocycles. The van der Waals surface area contributed by atoms with E-state index < -0.39 is 0 Å². The Hall–Kier alpha value is -2.22. The summed E-state index contributed by atoms with van der Waals surface area (Å²) < 4.78 is 0. The van der Waals surface area contributed by atoms with Gasteiger partial charge in [-0.15, -0.1) is 0 Å². The molecule has 0 fully saturated rings. The standard InChI is InChI=1S/C15H11NO/c1-10-5-4-7-12-13(9-17)11-6-2-3-8-14(11)16-15(10)12/h2-9H,1H3. The SMILES string of the molecule is Cc1cccc2c(C=O)c3ccccc3nc12. The average Bonchev–Trinajstić information content (AvgIpc) is 2.37. The molecule has 0 bridgehead atoms. The van der Waals surface area contributed by atoms with Gasteiger partial charge in [0.05, 0.1) is 11.0 Å². The summed E-state index contributed by atoms with van der Waals surface area (Å²) in [5, 5.41) is 1.85. The topological polar surface area (TPSA) is 30.0 Å². The lowest BCUT2D eigenvalue weighted by Crippen LogP contribution is -1.92. The van der Waals surface area contributed by atoms with Gasteiger partial charge < -0.3 is 0 Å². The van der Waals surface area contributed by atoms with Crippen LogP contribution in [0.4, 0.5) is 0 Å². The number of fused-ring (bicyclic) bond motifs is 2. The summed E-state index contributed by atoms with van der Waals surface area (Å²) in [5.74, 6) is 0. The normalized spacial score (nSPS) is 10.9. The molecular formula is C15H11NO. The van der Waals surface area contributed by atoms with E-state index >= 15 is 0 Å². The van der Waals surface area contributed by atoms with Crippen molar-refractivity contribution in [2.24, 2.45) is 0 Å². The van der Waals surface area contributed by atoms with E-state index in [1.165, 1.54) is 0 Å². The number of pyridine rings is 1. The number of para-hydroxylation sites is 2. The molecule has 0 aliphatic rings. The Morgan fingerprint density at radius 3 is 2.59 bits per heavy atom. The molecule has 82 valence electrons. The predicted molar refractivity (Wildman–Crippen MR) is 69.4 cm³/mol. The second-order valence-electron chi connectivity index (χ2n) is 4.13. The zero-order valence-corrected chi connectivity index (χ0v) is 9.47. The van der Waals surface area contributed by atoms with Crippen molar-refractivity contribution < 1.29 is 4.79 Å².